The van der Waals surface area contributed by atoms with Crippen molar-refractivity contribution >= 4 is 0 Å². The number of likely N-dealkylation sites (tertiary alicyclic amines) is 1. The maximum Gasteiger partial charge on any atom is 0.0330 e. The lowest BCUT2D eigenvalue weighted by molar-refractivity contribution is 0.150. The summed E-state index contributed by atoms with van der Waals surface area (Å²) in [5.41, 5.74) is 6.17. The maximum absolute atomic E-state index is 5.96. The highest BCUT2D eigenvalue weighted by Gasteiger charge is 2.34. The van der Waals surface area contributed by atoms with Crippen LogP contribution in [-0.2, 0) is 0 Å². The highest BCUT2D eigenvalue weighted by molar-refractivity contribution is 5.03. The fourth-order valence-electron chi connectivity index (χ4n) is 2.62. The van der Waals surface area contributed by atoms with E-state index in [2.05, 4.69) is 29.4 Å². The lowest BCUT2D eigenvalue weighted by Crippen LogP contribution is -2.59. The van der Waals surface area contributed by atoms with Crippen LogP contribution in [0.1, 0.15) is 25.7 Å². The summed E-state index contributed by atoms with van der Waals surface area (Å²) in [5.74, 6) is 0. The van der Waals surface area contributed by atoms with Crippen LogP contribution in [0.25, 0.3) is 0 Å². The molecule has 2 aliphatic rings. The first-order chi connectivity index (χ1) is 7.24. The van der Waals surface area contributed by atoms with Crippen LogP contribution in [0.2, 0.25) is 0 Å². The smallest absolute Gasteiger partial charge is 0.0330 e. The van der Waals surface area contributed by atoms with Crippen molar-refractivity contribution in [3.8, 4) is 0 Å². The molecule has 0 aromatic heterocycles. The topological polar surface area (TPSA) is 41.3 Å². The Bertz CT molecular complexity index is 221. The molecule has 1 aliphatic heterocycles. The van der Waals surface area contributed by atoms with Gasteiger partial charge < -0.3 is 16.0 Å². The minimum Gasteiger partial charge on any atom is -0.329 e. The highest BCUT2D eigenvalue weighted by Crippen LogP contribution is 2.23. The van der Waals surface area contributed by atoms with Gasteiger partial charge in [-0.15, -0.1) is 0 Å². The van der Waals surface area contributed by atoms with E-state index in [1.54, 1.807) is 0 Å². The van der Waals surface area contributed by atoms with E-state index in [4.69, 9.17) is 5.73 Å². The Morgan fingerprint density at radius 2 is 1.93 bits per heavy atom. The molecule has 1 saturated heterocycles. The minimum absolute atomic E-state index is 0.212. The van der Waals surface area contributed by atoms with Gasteiger partial charge in [0.25, 0.3) is 0 Å². The molecule has 0 amide bonds. The van der Waals surface area contributed by atoms with Crippen molar-refractivity contribution < 1.29 is 0 Å². The summed E-state index contributed by atoms with van der Waals surface area (Å²) in [6.07, 6.45) is 9.29. The van der Waals surface area contributed by atoms with Crippen molar-refractivity contribution in [3.05, 3.63) is 12.2 Å². The molecule has 3 heteroatoms. The van der Waals surface area contributed by atoms with Crippen molar-refractivity contribution in [1.29, 1.82) is 0 Å². The molecule has 1 aliphatic carbocycles. The first-order valence-electron chi connectivity index (χ1n) is 6.05. The molecule has 0 spiro atoms. The highest BCUT2D eigenvalue weighted by atomic mass is 15.1. The van der Waals surface area contributed by atoms with Gasteiger partial charge in [-0.25, -0.2) is 0 Å². The third kappa shape index (κ3) is 2.60. The van der Waals surface area contributed by atoms with E-state index in [0.29, 0.717) is 6.04 Å². The molecule has 3 nitrogen and oxygen atoms in total. The normalized spacial score (nSPS) is 27.3. The molecule has 0 bridgehead atoms. The van der Waals surface area contributed by atoms with Crippen molar-refractivity contribution in [2.24, 2.45) is 5.73 Å². The molecule has 1 heterocycles. The van der Waals surface area contributed by atoms with E-state index in [1.165, 1.54) is 38.8 Å². The molecule has 3 N–H and O–H groups in total. The maximum atomic E-state index is 5.96. The Balaban J connectivity index is 1.90. The summed E-state index contributed by atoms with van der Waals surface area (Å²) in [6.45, 7) is 3.12. The molecule has 0 unspecified atom stereocenters. The van der Waals surface area contributed by atoms with Crippen LogP contribution in [0.4, 0.5) is 0 Å². The van der Waals surface area contributed by atoms with Crippen molar-refractivity contribution in [2.75, 3.05) is 26.7 Å². The number of nitrogens with two attached hydrogens (primary N) is 1. The first-order valence-corrected chi connectivity index (χ1v) is 6.05. The van der Waals surface area contributed by atoms with Gasteiger partial charge in [0, 0.05) is 18.1 Å². The predicted octanol–water partition coefficient (Wildman–Crippen LogP) is 0.718. The molecule has 86 valence electrons. The second-order valence-electron chi connectivity index (χ2n) is 5.07. The first kappa shape index (κ1) is 11.1. The number of hydrogen-bond donors (Lipinski definition) is 2. The predicted molar refractivity (Wildman–Crippen MR) is 63.8 cm³/mol. The van der Waals surface area contributed by atoms with Gasteiger partial charge in [0.2, 0.25) is 0 Å². The Morgan fingerprint density at radius 3 is 2.47 bits per heavy atom. The van der Waals surface area contributed by atoms with Crippen LogP contribution in [0.5, 0.6) is 0 Å². The van der Waals surface area contributed by atoms with Crippen LogP contribution in [0, 0.1) is 0 Å². The van der Waals surface area contributed by atoms with Gasteiger partial charge in [-0.2, -0.15) is 0 Å². The fourth-order valence-corrected chi connectivity index (χ4v) is 2.62. The average Bonchev–Trinajstić information content (AvgIpc) is 2.75. The lowest BCUT2D eigenvalue weighted by atomic mass is 9.86. The summed E-state index contributed by atoms with van der Waals surface area (Å²) >= 11 is 0. The third-order valence-electron chi connectivity index (χ3n) is 3.85. The van der Waals surface area contributed by atoms with E-state index in [9.17, 15) is 0 Å². The Labute approximate surface area is 92.7 Å². The van der Waals surface area contributed by atoms with Crippen LogP contribution in [-0.4, -0.2) is 43.2 Å². The zero-order chi connectivity index (χ0) is 10.7. The Kier molecular flexibility index (Phi) is 3.44. The molecular weight excluding hydrogens is 186 g/mol. The molecule has 0 aromatic carbocycles. The van der Waals surface area contributed by atoms with Gasteiger partial charge in [-0.05, 0) is 45.8 Å². The zero-order valence-electron chi connectivity index (χ0n) is 9.71. The Hall–Kier alpha value is -0.380. The quantitative estimate of drug-likeness (QED) is 0.673. The van der Waals surface area contributed by atoms with Crippen molar-refractivity contribution in [1.82, 2.24) is 10.2 Å². The number of piperidine rings is 1. The molecule has 0 saturated carbocycles. The number of nitrogens with one attached hydrogen (secondary N) is 1. The summed E-state index contributed by atoms with van der Waals surface area (Å²) < 4.78 is 0. The summed E-state index contributed by atoms with van der Waals surface area (Å²) in [5, 5.41) is 3.79. The van der Waals surface area contributed by atoms with Crippen molar-refractivity contribution in [2.45, 2.75) is 37.3 Å². The monoisotopic (exact) mass is 209 g/mol. The molecule has 15 heavy (non-hydrogen) atoms. The van der Waals surface area contributed by atoms with E-state index in [-0.39, 0.29) is 5.54 Å². The second-order valence-corrected chi connectivity index (χ2v) is 5.07. The number of nitrogens with zero attached hydrogens (tertiary/aromatic N) is 1. The summed E-state index contributed by atoms with van der Waals surface area (Å²) in [7, 11) is 2.19. The average molecular weight is 209 g/mol. The molecule has 0 aromatic rings. The summed E-state index contributed by atoms with van der Waals surface area (Å²) in [4.78, 5) is 2.39. The zero-order valence-corrected chi connectivity index (χ0v) is 9.71. The Morgan fingerprint density at radius 1 is 1.33 bits per heavy atom. The van der Waals surface area contributed by atoms with Crippen LogP contribution < -0.4 is 11.1 Å². The van der Waals surface area contributed by atoms with Crippen LogP contribution >= 0.6 is 0 Å². The van der Waals surface area contributed by atoms with Crippen molar-refractivity contribution in [3.63, 3.8) is 0 Å². The van der Waals surface area contributed by atoms with E-state index < -0.39 is 0 Å². The molecular formula is C12H23N3. The van der Waals surface area contributed by atoms with Gasteiger partial charge in [-0.1, -0.05) is 12.2 Å². The van der Waals surface area contributed by atoms with Gasteiger partial charge >= 0.3 is 0 Å². The van der Waals surface area contributed by atoms with Crippen LogP contribution in [0.15, 0.2) is 12.2 Å². The number of rotatable bonds is 3. The molecule has 0 atom stereocenters. The van der Waals surface area contributed by atoms with Gasteiger partial charge in [0.1, 0.15) is 0 Å². The van der Waals surface area contributed by atoms with Crippen LogP contribution in [0.3, 0.4) is 0 Å². The lowest BCUT2D eigenvalue weighted by Gasteiger charge is -2.42. The molecule has 1 fully saturated rings. The fraction of sp³-hybridized carbons (Fsp3) is 0.833. The minimum atomic E-state index is 0.212. The van der Waals surface area contributed by atoms with E-state index in [0.717, 1.165) is 6.54 Å². The van der Waals surface area contributed by atoms with E-state index in [1.807, 2.05) is 0 Å². The largest absolute Gasteiger partial charge is 0.329 e. The van der Waals surface area contributed by atoms with Gasteiger partial charge in [0.15, 0.2) is 0 Å². The SMILES string of the molecule is CN1CCC(CN)(NC2CC=CC2)CC1. The van der Waals surface area contributed by atoms with Gasteiger partial charge in [0.05, 0.1) is 0 Å². The molecule has 0 radical (unpaired) electrons. The number of hydrogen-bond acceptors (Lipinski definition) is 3. The van der Waals surface area contributed by atoms with E-state index >= 15 is 0 Å². The van der Waals surface area contributed by atoms with Gasteiger partial charge in [-0.3, -0.25) is 0 Å². The standard InChI is InChI=1S/C12H23N3/c1-15-8-6-12(10-13,7-9-15)14-11-4-2-3-5-11/h2-3,11,14H,4-10,13H2,1H3. The third-order valence-corrected chi connectivity index (χ3v) is 3.85. The second kappa shape index (κ2) is 4.64. The molecule has 2 rings (SSSR count). The summed E-state index contributed by atoms with van der Waals surface area (Å²) in [6, 6.07) is 0.636.